The number of hydrogen-bond acceptors (Lipinski definition) is 9. The van der Waals surface area contributed by atoms with Gasteiger partial charge in [-0.25, -0.2) is 0 Å². The van der Waals surface area contributed by atoms with E-state index in [4.69, 9.17) is 21.7 Å². The zero-order chi connectivity index (χ0) is 28.1. The first-order valence-corrected chi connectivity index (χ1v) is 15.0. The van der Waals surface area contributed by atoms with Gasteiger partial charge in [0.15, 0.2) is 0 Å². The van der Waals surface area contributed by atoms with Crippen LogP contribution in [0.25, 0.3) is 6.08 Å². The van der Waals surface area contributed by atoms with E-state index in [1.54, 1.807) is 29.4 Å². The molecule has 2 unspecified atom stereocenters. The Morgan fingerprint density at radius 2 is 2.08 bits per heavy atom. The molecule has 1 aromatic rings. The number of unbranched alkanes of at least 4 members (excludes halogenated alkanes) is 1. The van der Waals surface area contributed by atoms with Gasteiger partial charge in [0.05, 0.1) is 30.1 Å². The van der Waals surface area contributed by atoms with Crippen molar-refractivity contribution in [3.63, 3.8) is 0 Å². The summed E-state index contributed by atoms with van der Waals surface area (Å²) in [5, 5.41) is 9.93. The second kappa shape index (κ2) is 13.1. The second-order valence-corrected chi connectivity index (χ2v) is 11.8. The van der Waals surface area contributed by atoms with E-state index in [-0.39, 0.29) is 35.0 Å². The fourth-order valence-corrected chi connectivity index (χ4v) is 6.67. The monoisotopic (exact) mass is 572 g/mol. The van der Waals surface area contributed by atoms with Crippen molar-refractivity contribution in [1.82, 2.24) is 9.47 Å². The number of anilines is 1. The molecule has 0 bridgehead atoms. The van der Waals surface area contributed by atoms with Gasteiger partial charge in [-0.3, -0.25) is 23.9 Å². The summed E-state index contributed by atoms with van der Waals surface area (Å²) in [7, 11) is 0. The predicted molar refractivity (Wildman–Crippen MR) is 155 cm³/mol. The Morgan fingerprint density at radius 3 is 2.74 bits per heavy atom. The van der Waals surface area contributed by atoms with Gasteiger partial charge >= 0.3 is 5.97 Å². The first-order chi connectivity index (χ1) is 18.8. The maximum absolute atomic E-state index is 13.5. The molecule has 3 fully saturated rings. The zero-order valence-electron chi connectivity index (χ0n) is 22.9. The molecule has 1 amide bonds. The van der Waals surface area contributed by atoms with Crippen LogP contribution in [0.3, 0.4) is 0 Å². The number of esters is 1. The fourth-order valence-electron chi connectivity index (χ4n) is 5.41. The molecule has 210 valence electrons. The lowest BCUT2D eigenvalue weighted by atomic mass is 9.96. The van der Waals surface area contributed by atoms with Crippen LogP contribution in [0.4, 0.5) is 5.82 Å². The summed E-state index contributed by atoms with van der Waals surface area (Å²) in [6.45, 7) is 8.48. The highest BCUT2D eigenvalue weighted by molar-refractivity contribution is 8.26. The van der Waals surface area contributed by atoms with E-state index >= 15 is 0 Å². The molecule has 3 saturated heterocycles. The molecule has 0 radical (unpaired) electrons. The number of carbonyl (C=O) groups is 2. The number of carbonyl (C=O) groups excluding carboxylic acids is 2. The van der Waals surface area contributed by atoms with Crippen LogP contribution in [-0.4, -0.2) is 64.6 Å². The smallest absolute Gasteiger partial charge is 0.310 e. The number of hydrogen-bond donors (Lipinski definition) is 0. The number of amides is 1. The largest absolute Gasteiger partial charge is 0.466 e. The fraction of sp³-hybridized carbons (Fsp3) is 0.607. The van der Waals surface area contributed by atoms with E-state index in [2.05, 4.69) is 11.0 Å². The summed E-state index contributed by atoms with van der Waals surface area (Å²) in [5.74, 6) is -0.115. The van der Waals surface area contributed by atoms with E-state index in [0.29, 0.717) is 72.0 Å². The van der Waals surface area contributed by atoms with Crippen LogP contribution in [0.5, 0.6) is 0 Å². The second-order valence-electron chi connectivity index (χ2n) is 10.1. The van der Waals surface area contributed by atoms with Gasteiger partial charge < -0.3 is 14.4 Å². The van der Waals surface area contributed by atoms with Crippen LogP contribution >= 0.6 is 24.0 Å². The minimum atomic E-state index is -0.347. The molecule has 9 nitrogen and oxygen atoms in total. The quantitative estimate of drug-likeness (QED) is 0.247. The Labute approximate surface area is 239 Å². The molecule has 11 heteroatoms. The third-order valence-corrected chi connectivity index (χ3v) is 8.86. The average Bonchev–Trinajstić information content (AvgIpc) is 3.54. The molecular weight excluding hydrogens is 536 g/mol. The van der Waals surface area contributed by atoms with Crippen LogP contribution in [0.15, 0.2) is 9.70 Å². The minimum Gasteiger partial charge on any atom is -0.466 e. The Hall–Kier alpha value is -2.68. The molecule has 4 rings (SSSR count). The highest BCUT2D eigenvalue weighted by Crippen LogP contribution is 2.37. The molecule has 1 aromatic heterocycles. The van der Waals surface area contributed by atoms with Crippen molar-refractivity contribution in [3.05, 3.63) is 31.9 Å². The molecule has 3 aliphatic rings. The zero-order valence-corrected chi connectivity index (χ0v) is 24.5. The molecule has 3 aliphatic heterocycles. The summed E-state index contributed by atoms with van der Waals surface area (Å²) in [5.41, 5.74) is 0.881. The van der Waals surface area contributed by atoms with E-state index in [1.807, 2.05) is 6.92 Å². The minimum absolute atomic E-state index is 0.0292. The SMILES string of the molecule is CCCCn1c(N2CCCC(C(=O)OCC)C2)c(/C=C2/SC(=S)N(CC3CCCO3)C2=O)c(C)c(C#N)c1=O. The number of nitriles is 1. The van der Waals surface area contributed by atoms with Crippen molar-refractivity contribution >= 4 is 52.1 Å². The molecular formula is C28H36N4O5S2. The number of pyridine rings is 1. The number of ether oxygens (including phenoxy) is 2. The van der Waals surface area contributed by atoms with Crippen molar-refractivity contribution in [2.45, 2.75) is 71.9 Å². The highest BCUT2D eigenvalue weighted by atomic mass is 32.2. The topological polar surface area (TPSA) is 105 Å². The maximum Gasteiger partial charge on any atom is 0.310 e. The highest BCUT2D eigenvalue weighted by Gasteiger charge is 2.36. The van der Waals surface area contributed by atoms with Gasteiger partial charge in [-0.05, 0) is 57.6 Å². The number of aromatic nitrogens is 1. The number of piperidine rings is 1. The Balaban J connectivity index is 1.80. The normalized spacial score (nSPS) is 22.6. The van der Waals surface area contributed by atoms with Crippen LogP contribution < -0.4 is 10.5 Å². The summed E-state index contributed by atoms with van der Waals surface area (Å²) < 4.78 is 13.2. The lowest BCUT2D eigenvalue weighted by Gasteiger charge is -2.36. The van der Waals surface area contributed by atoms with Gasteiger partial charge in [0.2, 0.25) is 0 Å². The third-order valence-electron chi connectivity index (χ3n) is 7.48. The van der Waals surface area contributed by atoms with Gasteiger partial charge in [0.25, 0.3) is 11.5 Å². The van der Waals surface area contributed by atoms with Crippen molar-refractivity contribution in [3.8, 4) is 6.07 Å². The summed E-state index contributed by atoms with van der Waals surface area (Å²) in [6, 6.07) is 2.10. The number of nitrogens with zero attached hydrogens (tertiary/aromatic N) is 4. The number of thioether (sulfide) groups is 1. The first-order valence-electron chi connectivity index (χ1n) is 13.8. The summed E-state index contributed by atoms with van der Waals surface area (Å²) >= 11 is 6.79. The van der Waals surface area contributed by atoms with Crippen molar-refractivity contribution < 1.29 is 19.1 Å². The molecule has 0 saturated carbocycles. The van der Waals surface area contributed by atoms with Crippen LogP contribution in [-0.2, 0) is 25.6 Å². The molecule has 2 atom stereocenters. The predicted octanol–water partition coefficient (Wildman–Crippen LogP) is 3.99. The van der Waals surface area contributed by atoms with E-state index in [0.717, 1.165) is 32.1 Å². The van der Waals surface area contributed by atoms with Gasteiger partial charge in [0.1, 0.15) is 21.8 Å². The van der Waals surface area contributed by atoms with Crippen LogP contribution in [0.1, 0.15) is 69.1 Å². The Bertz CT molecular complexity index is 1260. The lowest BCUT2D eigenvalue weighted by molar-refractivity contribution is -0.148. The van der Waals surface area contributed by atoms with E-state index < -0.39 is 0 Å². The summed E-state index contributed by atoms with van der Waals surface area (Å²) in [6.07, 6.45) is 6.69. The van der Waals surface area contributed by atoms with Gasteiger partial charge in [-0.15, -0.1) is 0 Å². The standard InChI is InChI=1S/C28H36N4O5S2/c1-4-6-12-31-24(30-11-7-9-19(16-30)27(35)36-5-2)21(18(3)22(15-29)25(31)33)14-23-26(34)32(28(38)39-23)17-20-10-8-13-37-20/h14,19-20H,4-13,16-17H2,1-3H3/b23-14+. The van der Waals surface area contributed by atoms with Gasteiger partial charge in [-0.2, -0.15) is 5.26 Å². The molecule has 0 aromatic carbocycles. The molecule has 0 N–H and O–H groups in total. The van der Waals surface area contributed by atoms with Crippen molar-refractivity contribution in [1.29, 1.82) is 5.26 Å². The molecule has 39 heavy (non-hydrogen) atoms. The molecule has 4 heterocycles. The maximum atomic E-state index is 13.5. The Morgan fingerprint density at radius 1 is 1.28 bits per heavy atom. The molecule has 0 spiro atoms. The molecule has 0 aliphatic carbocycles. The van der Waals surface area contributed by atoms with Gasteiger partial charge in [-0.1, -0.05) is 37.3 Å². The first kappa shape index (κ1) is 29.3. The number of thiocarbonyl (C=S) groups is 1. The lowest BCUT2D eigenvalue weighted by Crippen LogP contribution is -2.43. The van der Waals surface area contributed by atoms with Crippen LogP contribution in [0, 0.1) is 24.2 Å². The van der Waals surface area contributed by atoms with E-state index in [1.165, 1.54) is 11.8 Å². The van der Waals surface area contributed by atoms with Crippen molar-refractivity contribution in [2.75, 3.05) is 37.7 Å². The third kappa shape index (κ3) is 6.23. The summed E-state index contributed by atoms with van der Waals surface area (Å²) in [4.78, 5) is 43.8. The average molecular weight is 573 g/mol. The van der Waals surface area contributed by atoms with E-state index in [9.17, 15) is 19.6 Å². The Kier molecular flexibility index (Phi) is 9.86. The van der Waals surface area contributed by atoms with Gasteiger partial charge in [0, 0.05) is 31.8 Å². The number of rotatable bonds is 9. The van der Waals surface area contributed by atoms with Crippen LogP contribution in [0.2, 0.25) is 0 Å². The van der Waals surface area contributed by atoms with Crippen molar-refractivity contribution in [2.24, 2.45) is 5.92 Å².